The van der Waals surface area contributed by atoms with Crippen molar-refractivity contribution in [1.82, 2.24) is 24.2 Å². The molecule has 0 saturated heterocycles. The smallest absolute Gasteiger partial charge is 0.265 e. The first kappa shape index (κ1) is 22.6. The quantitative estimate of drug-likeness (QED) is 0.504. The van der Waals surface area contributed by atoms with Crippen molar-refractivity contribution in [2.75, 3.05) is 18.8 Å². The van der Waals surface area contributed by atoms with E-state index in [4.69, 9.17) is 4.98 Å². The lowest BCUT2D eigenvalue weighted by Gasteiger charge is -2.27. The number of carbonyl (C=O) groups is 1. The minimum atomic E-state index is -0.184. The number of rotatable bonds is 7. The maximum Gasteiger partial charge on any atom is 0.265 e. The third kappa shape index (κ3) is 4.46. The summed E-state index contributed by atoms with van der Waals surface area (Å²) in [6.45, 7) is 12.0. The zero-order valence-electron chi connectivity index (χ0n) is 19.4. The molecule has 8 heteroatoms. The van der Waals surface area contributed by atoms with E-state index in [9.17, 15) is 9.59 Å². The van der Waals surface area contributed by atoms with Gasteiger partial charge < -0.3 is 4.90 Å². The average Bonchev–Trinajstić information content (AvgIpc) is 3.32. The lowest BCUT2D eigenvalue weighted by atomic mass is 10.1. The molecule has 3 heterocycles. The summed E-state index contributed by atoms with van der Waals surface area (Å²) in [6.07, 6.45) is 1.90. The van der Waals surface area contributed by atoms with Crippen molar-refractivity contribution in [1.29, 1.82) is 0 Å². The Kier molecular flexibility index (Phi) is 6.42. The Labute approximate surface area is 192 Å². The van der Waals surface area contributed by atoms with Crippen LogP contribution in [0.25, 0.3) is 16.7 Å². The zero-order valence-corrected chi connectivity index (χ0v) is 20.2. The lowest BCUT2D eigenvalue weighted by Crippen LogP contribution is -2.39. The van der Waals surface area contributed by atoms with E-state index in [1.165, 1.54) is 11.8 Å². The van der Waals surface area contributed by atoms with Gasteiger partial charge in [0.2, 0.25) is 5.91 Å². The van der Waals surface area contributed by atoms with Crippen LogP contribution in [0.1, 0.15) is 45.7 Å². The SMILES string of the molecule is Cc1ccc(-n2ncc3c(=O)n4c(nc32)SCC4CC(=O)N(CC(C)C)CC(C)C)cc1. The lowest BCUT2D eigenvalue weighted by molar-refractivity contribution is -0.133. The monoisotopic (exact) mass is 453 g/mol. The minimum Gasteiger partial charge on any atom is -0.342 e. The van der Waals surface area contributed by atoms with Crippen LogP contribution in [-0.2, 0) is 4.79 Å². The van der Waals surface area contributed by atoms with Crippen LogP contribution in [0.4, 0.5) is 0 Å². The molecule has 170 valence electrons. The summed E-state index contributed by atoms with van der Waals surface area (Å²) in [6, 6.07) is 7.79. The van der Waals surface area contributed by atoms with Gasteiger partial charge in [-0.1, -0.05) is 57.2 Å². The van der Waals surface area contributed by atoms with Crippen molar-refractivity contribution in [2.24, 2.45) is 11.8 Å². The van der Waals surface area contributed by atoms with Crippen LogP contribution in [-0.4, -0.2) is 49.0 Å². The van der Waals surface area contributed by atoms with Crippen LogP contribution in [0.3, 0.4) is 0 Å². The number of hydrogen-bond acceptors (Lipinski definition) is 5. The van der Waals surface area contributed by atoms with Gasteiger partial charge in [-0.15, -0.1) is 0 Å². The second kappa shape index (κ2) is 9.10. The number of amides is 1. The molecule has 1 aliphatic heterocycles. The van der Waals surface area contributed by atoms with E-state index in [1.807, 2.05) is 36.1 Å². The molecule has 2 aromatic heterocycles. The molecule has 0 spiro atoms. The number of aromatic nitrogens is 4. The van der Waals surface area contributed by atoms with Gasteiger partial charge in [0.15, 0.2) is 10.8 Å². The molecule has 0 radical (unpaired) electrons. The Morgan fingerprint density at radius 3 is 2.44 bits per heavy atom. The molecular formula is C24H31N5O2S. The van der Waals surface area contributed by atoms with Crippen molar-refractivity contribution < 1.29 is 4.79 Å². The van der Waals surface area contributed by atoms with Crippen LogP contribution >= 0.6 is 11.8 Å². The first-order valence-electron chi connectivity index (χ1n) is 11.2. The van der Waals surface area contributed by atoms with Crippen molar-refractivity contribution in [3.05, 3.63) is 46.4 Å². The molecule has 1 aliphatic rings. The molecule has 0 N–H and O–H groups in total. The van der Waals surface area contributed by atoms with E-state index < -0.39 is 0 Å². The second-order valence-electron chi connectivity index (χ2n) is 9.45. The fraction of sp³-hybridized carbons (Fsp3) is 0.500. The van der Waals surface area contributed by atoms with E-state index in [1.54, 1.807) is 15.4 Å². The topological polar surface area (TPSA) is 73.0 Å². The summed E-state index contributed by atoms with van der Waals surface area (Å²) in [5.41, 5.74) is 2.47. The predicted octanol–water partition coefficient (Wildman–Crippen LogP) is 4.07. The van der Waals surface area contributed by atoms with Gasteiger partial charge >= 0.3 is 0 Å². The molecule has 4 rings (SSSR count). The van der Waals surface area contributed by atoms with Crippen LogP contribution in [0.15, 0.2) is 40.4 Å². The molecule has 1 amide bonds. The molecule has 0 bridgehead atoms. The van der Waals surface area contributed by atoms with Gasteiger partial charge in [0.1, 0.15) is 5.39 Å². The van der Waals surface area contributed by atoms with Crippen molar-refractivity contribution >= 4 is 28.7 Å². The highest BCUT2D eigenvalue weighted by molar-refractivity contribution is 7.99. The molecule has 0 saturated carbocycles. The average molecular weight is 454 g/mol. The van der Waals surface area contributed by atoms with Crippen molar-refractivity contribution in [3.8, 4) is 5.69 Å². The summed E-state index contributed by atoms with van der Waals surface area (Å²) < 4.78 is 3.41. The van der Waals surface area contributed by atoms with Crippen LogP contribution < -0.4 is 5.56 Å². The standard InChI is InChI=1S/C24H31N5O2S/c1-15(2)12-27(13-16(3)4)21(30)10-19-14-32-24-26-22-20(23(31)28(19)24)11-25-29(22)18-8-6-17(5)7-9-18/h6-9,11,15-16,19H,10,12-14H2,1-5H3. The molecule has 0 aliphatic carbocycles. The first-order valence-corrected chi connectivity index (χ1v) is 12.2. The molecule has 7 nitrogen and oxygen atoms in total. The molecule has 3 aromatic rings. The fourth-order valence-corrected chi connectivity index (χ4v) is 5.28. The maximum absolute atomic E-state index is 13.4. The Morgan fingerprint density at radius 1 is 1.16 bits per heavy atom. The third-order valence-electron chi connectivity index (χ3n) is 5.58. The maximum atomic E-state index is 13.4. The summed E-state index contributed by atoms with van der Waals surface area (Å²) in [5, 5.41) is 5.58. The van der Waals surface area contributed by atoms with Gasteiger partial charge in [-0.25, -0.2) is 9.67 Å². The van der Waals surface area contributed by atoms with Crippen LogP contribution in [0.5, 0.6) is 0 Å². The zero-order chi connectivity index (χ0) is 23.0. The summed E-state index contributed by atoms with van der Waals surface area (Å²) in [7, 11) is 0. The number of carbonyl (C=O) groups excluding carboxylic acids is 1. The van der Waals surface area contributed by atoms with E-state index in [2.05, 4.69) is 32.8 Å². The van der Waals surface area contributed by atoms with Gasteiger partial charge in [-0.05, 0) is 30.9 Å². The Hall–Kier alpha value is -2.61. The number of fused-ring (bicyclic) bond motifs is 2. The van der Waals surface area contributed by atoms with E-state index in [0.29, 0.717) is 40.2 Å². The van der Waals surface area contributed by atoms with Crippen LogP contribution in [0, 0.1) is 18.8 Å². The second-order valence-corrected chi connectivity index (χ2v) is 10.4. The normalized spacial score (nSPS) is 15.7. The number of benzene rings is 1. The summed E-state index contributed by atoms with van der Waals surface area (Å²) in [5.74, 6) is 1.59. The molecule has 0 fully saturated rings. The number of hydrogen-bond donors (Lipinski definition) is 0. The van der Waals surface area contributed by atoms with Gasteiger partial charge in [0.05, 0.1) is 17.9 Å². The molecule has 1 unspecified atom stereocenters. The van der Waals surface area contributed by atoms with Gasteiger partial charge in [-0.2, -0.15) is 5.10 Å². The summed E-state index contributed by atoms with van der Waals surface area (Å²) >= 11 is 1.54. The van der Waals surface area contributed by atoms with Crippen LogP contribution in [0.2, 0.25) is 0 Å². The Bertz CT molecular complexity index is 1170. The minimum absolute atomic E-state index is 0.105. The molecular weight excluding hydrogens is 422 g/mol. The summed E-state index contributed by atoms with van der Waals surface area (Å²) in [4.78, 5) is 33.2. The van der Waals surface area contributed by atoms with Crippen molar-refractivity contribution in [2.45, 2.75) is 52.2 Å². The Balaban J connectivity index is 1.64. The highest BCUT2D eigenvalue weighted by atomic mass is 32.2. The first-order chi connectivity index (χ1) is 15.2. The number of aryl methyl sites for hydroxylation is 1. The highest BCUT2D eigenvalue weighted by Crippen LogP contribution is 2.34. The van der Waals surface area contributed by atoms with E-state index >= 15 is 0 Å². The van der Waals surface area contributed by atoms with Crippen molar-refractivity contribution in [3.63, 3.8) is 0 Å². The van der Waals surface area contributed by atoms with Gasteiger partial charge in [0.25, 0.3) is 5.56 Å². The predicted molar refractivity (Wildman–Crippen MR) is 128 cm³/mol. The van der Waals surface area contributed by atoms with Gasteiger partial charge in [0, 0.05) is 25.3 Å². The number of thioether (sulfide) groups is 1. The third-order valence-corrected chi connectivity index (χ3v) is 6.68. The fourth-order valence-electron chi connectivity index (χ4n) is 4.15. The van der Waals surface area contributed by atoms with Gasteiger partial charge in [-0.3, -0.25) is 14.2 Å². The largest absolute Gasteiger partial charge is 0.342 e. The van der Waals surface area contributed by atoms with E-state index in [0.717, 1.165) is 24.3 Å². The molecule has 32 heavy (non-hydrogen) atoms. The Morgan fingerprint density at radius 2 is 1.81 bits per heavy atom. The van der Waals surface area contributed by atoms with E-state index in [-0.39, 0.29) is 17.5 Å². The highest BCUT2D eigenvalue weighted by Gasteiger charge is 2.31. The molecule has 1 atom stereocenters. The molecule has 1 aromatic carbocycles. The number of nitrogens with zero attached hydrogens (tertiary/aromatic N) is 5.